The second-order valence-corrected chi connectivity index (χ2v) is 7.93. The van der Waals surface area contributed by atoms with E-state index in [0.29, 0.717) is 13.1 Å². The van der Waals surface area contributed by atoms with Gasteiger partial charge in [-0.15, -0.1) is 0 Å². The molecule has 2 amide bonds. The Bertz CT molecular complexity index is 595. The van der Waals surface area contributed by atoms with Gasteiger partial charge in [-0.3, -0.25) is 9.59 Å². The summed E-state index contributed by atoms with van der Waals surface area (Å²) in [6.07, 6.45) is 13.4. The smallest absolute Gasteiger partial charge is 0.255 e. The zero-order chi connectivity index (χ0) is 22.2. The molecule has 1 rings (SSSR count). The van der Waals surface area contributed by atoms with Gasteiger partial charge in [0, 0.05) is 19.2 Å². The number of rotatable bonds is 16. The molecule has 0 heterocycles. The minimum absolute atomic E-state index is 0.00324. The van der Waals surface area contributed by atoms with Crippen molar-refractivity contribution >= 4 is 11.8 Å². The summed E-state index contributed by atoms with van der Waals surface area (Å²) in [4.78, 5) is 24.8. The first-order chi connectivity index (χ1) is 14.5. The van der Waals surface area contributed by atoms with Gasteiger partial charge in [-0.25, -0.2) is 0 Å². The predicted octanol–water partition coefficient (Wildman–Crippen LogP) is 5.28. The lowest BCUT2D eigenvalue weighted by atomic mass is 10.1. The number of hydrogen-bond donors (Lipinski definition) is 4. The van der Waals surface area contributed by atoms with E-state index in [0.717, 1.165) is 44.6 Å². The van der Waals surface area contributed by atoms with Gasteiger partial charge < -0.3 is 20.8 Å². The number of aromatic hydroxyl groups is 2. The highest BCUT2D eigenvalue weighted by Crippen LogP contribution is 2.27. The molecule has 0 radical (unpaired) electrons. The molecule has 0 aliphatic carbocycles. The highest BCUT2D eigenvalue weighted by molar-refractivity contribution is 6.03. The highest BCUT2D eigenvalue weighted by atomic mass is 16.3. The van der Waals surface area contributed by atoms with Crippen LogP contribution >= 0.6 is 0 Å². The third kappa shape index (κ3) is 9.99. The van der Waals surface area contributed by atoms with Crippen LogP contribution in [0.3, 0.4) is 0 Å². The van der Waals surface area contributed by atoms with Crippen molar-refractivity contribution in [1.82, 2.24) is 10.6 Å². The average molecular weight is 421 g/mol. The molecule has 1 aromatic carbocycles. The number of hydrogen-bond acceptors (Lipinski definition) is 4. The lowest BCUT2D eigenvalue weighted by Crippen LogP contribution is -2.27. The number of nitrogens with one attached hydrogen (secondary N) is 2. The minimum Gasteiger partial charge on any atom is -0.507 e. The highest BCUT2D eigenvalue weighted by Gasteiger charge is 2.19. The number of benzene rings is 1. The molecule has 170 valence electrons. The van der Waals surface area contributed by atoms with Gasteiger partial charge in [0.1, 0.15) is 11.5 Å². The van der Waals surface area contributed by atoms with E-state index in [4.69, 9.17) is 0 Å². The number of unbranched alkanes of at least 4 members (excludes halogenated alkanes) is 10. The Morgan fingerprint density at radius 3 is 1.40 bits per heavy atom. The largest absolute Gasteiger partial charge is 0.507 e. The first kappa shape index (κ1) is 25.8. The maximum Gasteiger partial charge on any atom is 0.255 e. The molecule has 0 atom stereocenters. The minimum atomic E-state index is -0.439. The zero-order valence-corrected chi connectivity index (χ0v) is 18.8. The summed E-state index contributed by atoms with van der Waals surface area (Å²) in [7, 11) is 0. The molecule has 0 fully saturated rings. The van der Waals surface area contributed by atoms with Gasteiger partial charge in [-0.05, 0) is 18.9 Å². The summed E-state index contributed by atoms with van der Waals surface area (Å²) in [5, 5.41) is 25.6. The van der Waals surface area contributed by atoms with Crippen LogP contribution in [0.4, 0.5) is 0 Å². The Kier molecular flexibility index (Phi) is 13.4. The SMILES string of the molecule is CCCCCCCCNC(=O)c1cc(C(=O)NCCCCCCCC)c(O)cc1O. The van der Waals surface area contributed by atoms with Crippen LogP contribution in [0.15, 0.2) is 12.1 Å². The van der Waals surface area contributed by atoms with Crippen molar-refractivity contribution in [2.75, 3.05) is 13.1 Å². The van der Waals surface area contributed by atoms with Crippen LogP contribution in [0, 0.1) is 0 Å². The molecule has 0 saturated heterocycles. The number of phenols is 2. The molecule has 0 aliphatic heterocycles. The van der Waals surface area contributed by atoms with Crippen LogP contribution in [-0.2, 0) is 0 Å². The third-order valence-electron chi connectivity index (χ3n) is 5.24. The van der Waals surface area contributed by atoms with Crippen molar-refractivity contribution in [3.8, 4) is 11.5 Å². The predicted molar refractivity (Wildman–Crippen MR) is 121 cm³/mol. The van der Waals surface area contributed by atoms with Crippen LogP contribution in [0.25, 0.3) is 0 Å². The Morgan fingerprint density at radius 2 is 1.00 bits per heavy atom. The second kappa shape index (κ2) is 15.6. The van der Waals surface area contributed by atoms with E-state index in [1.165, 1.54) is 44.6 Å². The first-order valence-corrected chi connectivity index (χ1v) is 11.6. The van der Waals surface area contributed by atoms with Gasteiger partial charge in [0.25, 0.3) is 11.8 Å². The summed E-state index contributed by atoms with van der Waals surface area (Å²) in [5.41, 5.74) is 0.00648. The average Bonchev–Trinajstić information content (AvgIpc) is 2.72. The molecule has 6 nitrogen and oxygen atoms in total. The normalized spacial score (nSPS) is 10.7. The molecule has 0 aromatic heterocycles. The van der Waals surface area contributed by atoms with Gasteiger partial charge in [-0.2, -0.15) is 0 Å². The number of amides is 2. The van der Waals surface area contributed by atoms with Crippen LogP contribution in [0.1, 0.15) is 112 Å². The van der Waals surface area contributed by atoms with Crippen molar-refractivity contribution in [2.45, 2.75) is 90.9 Å². The fourth-order valence-corrected chi connectivity index (χ4v) is 3.35. The summed E-state index contributed by atoms with van der Waals surface area (Å²) in [6.45, 7) is 5.39. The molecule has 0 bridgehead atoms. The Labute approximate surface area is 181 Å². The van der Waals surface area contributed by atoms with Crippen molar-refractivity contribution in [1.29, 1.82) is 0 Å². The van der Waals surface area contributed by atoms with Gasteiger partial charge >= 0.3 is 0 Å². The lowest BCUT2D eigenvalue weighted by molar-refractivity contribution is 0.0950. The fourth-order valence-electron chi connectivity index (χ4n) is 3.35. The van der Waals surface area contributed by atoms with E-state index in [2.05, 4.69) is 24.5 Å². The number of phenolic OH excluding ortho intramolecular Hbond substituents is 2. The van der Waals surface area contributed by atoms with Crippen LogP contribution in [-0.4, -0.2) is 35.1 Å². The quantitative estimate of drug-likeness (QED) is 0.273. The summed E-state index contributed by atoms with van der Waals surface area (Å²) < 4.78 is 0. The maximum absolute atomic E-state index is 12.4. The molecule has 4 N–H and O–H groups in total. The molecular weight excluding hydrogens is 380 g/mol. The van der Waals surface area contributed by atoms with Crippen molar-refractivity contribution in [3.63, 3.8) is 0 Å². The third-order valence-corrected chi connectivity index (χ3v) is 5.24. The monoisotopic (exact) mass is 420 g/mol. The molecule has 30 heavy (non-hydrogen) atoms. The summed E-state index contributed by atoms with van der Waals surface area (Å²) in [5.74, 6) is -1.54. The molecule has 1 aromatic rings. The standard InChI is InChI=1S/C24H40N2O4/c1-3-5-7-9-11-13-15-25-23(29)19-17-20(22(28)18-21(19)27)24(30)26-16-14-12-10-8-6-4-2/h17-18,27-28H,3-16H2,1-2H3,(H,25,29)(H,26,30). The van der Waals surface area contributed by atoms with Crippen molar-refractivity contribution in [3.05, 3.63) is 23.3 Å². The number of carbonyl (C=O) groups excluding carboxylic acids is 2. The van der Waals surface area contributed by atoms with Crippen LogP contribution < -0.4 is 10.6 Å². The van der Waals surface area contributed by atoms with E-state index in [1.807, 2.05) is 0 Å². The van der Waals surface area contributed by atoms with Crippen molar-refractivity contribution < 1.29 is 19.8 Å². The van der Waals surface area contributed by atoms with Gasteiger partial charge in [0.2, 0.25) is 0 Å². The molecule has 6 heteroatoms. The summed E-state index contributed by atoms with van der Waals surface area (Å²) in [6, 6.07) is 2.32. The van der Waals surface area contributed by atoms with E-state index >= 15 is 0 Å². The zero-order valence-electron chi connectivity index (χ0n) is 18.8. The molecule has 0 spiro atoms. The lowest BCUT2D eigenvalue weighted by Gasteiger charge is -2.11. The molecule has 0 aliphatic rings. The van der Waals surface area contributed by atoms with Gasteiger partial charge in [0.15, 0.2) is 0 Å². The summed E-state index contributed by atoms with van der Waals surface area (Å²) >= 11 is 0. The van der Waals surface area contributed by atoms with Crippen LogP contribution in [0.2, 0.25) is 0 Å². The van der Waals surface area contributed by atoms with Crippen molar-refractivity contribution in [2.24, 2.45) is 0 Å². The second-order valence-electron chi connectivity index (χ2n) is 7.93. The maximum atomic E-state index is 12.4. The Morgan fingerprint density at radius 1 is 0.633 bits per heavy atom. The van der Waals surface area contributed by atoms with Crippen LogP contribution in [0.5, 0.6) is 11.5 Å². The van der Waals surface area contributed by atoms with E-state index in [-0.39, 0.29) is 22.6 Å². The molecule has 0 unspecified atom stereocenters. The van der Waals surface area contributed by atoms with E-state index < -0.39 is 11.8 Å². The number of carbonyl (C=O) groups is 2. The van der Waals surface area contributed by atoms with Gasteiger partial charge in [-0.1, -0.05) is 78.1 Å². The van der Waals surface area contributed by atoms with E-state index in [9.17, 15) is 19.8 Å². The van der Waals surface area contributed by atoms with E-state index in [1.54, 1.807) is 0 Å². The fraction of sp³-hybridized carbons (Fsp3) is 0.667. The first-order valence-electron chi connectivity index (χ1n) is 11.6. The molecule has 0 saturated carbocycles. The van der Waals surface area contributed by atoms with Gasteiger partial charge in [0.05, 0.1) is 11.1 Å². The Balaban J connectivity index is 2.49. The topological polar surface area (TPSA) is 98.7 Å². The Hall–Kier alpha value is -2.24. The molecular formula is C24H40N2O4.